The first-order valence-electron chi connectivity index (χ1n) is 20.0. The largest absolute Gasteiger partial charge is 0.455 e. The molecule has 0 spiro atoms. The monoisotopic (exact) mass is 752 g/mol. The maximum atomic E-state index is 9.74. The molecule has 0 aliphatic heterocycles. The number of hydrogen-bond donors (Lipinski definition) is 0. The summed E-state index contributed by atoms with van der Waals surface area (Å²) < 4.78 is 6.48. The van der Waals surface area contributed by atoms with Crippen LogP contribution in [0.25, 0.3) is 55.3 Å². The van der Waals surface area contributed by atoms with Gasteiger partial charge in [0, 0.05) is 33.3 Å². The summed E-state index contributed by atoms with van der Waals surface area (Å²) in [6, 6.07) is 79.8. The lowest BCUT2D eigenvalue weighted by Gasteiger charge is -2.34. The number of benzene rings is 9. The number of rotatable bonds is 7. The predicted molar refractivity (Wildman–Crippen MR) is 241 cm³/mol. The van der Waals surface area contributed by atoms with E-state index in [1.807, 2.05) is 30.3 Å². The van der Waals surface area contributed by atoms with Gasteiger partial charge in [-0.2, -0.15) is 5.26 Å². The van der Waals surface area contributed by atoms with E-state index in [0.29, 0.717) is 5.56 Å². The van der Waals surface area contributed by atoms with Crippen molar-refractivity contribution in [1.82, 2.24) is 0 Å². The van der Waals surface area contributed by atoms with Crippen LogP contribution in [0.5, 0.6) is 0 Å². The van der Waals surface area contributed by atoms with Crippen LogP contribution in [-0.4, -0.2) is 0 Å². The number of fused-ring (bicyclic) bond motifs is 6. The van der Waals surface area contributed by atoms with Gasteiger partial charge in [-0.3, -0.25) is 0 Å². The first kappa shape index (κ1) is 34.3. The average Bonchev–Trinajstić information content (AvgIpc) is 3.85. The highest BCUT2D eigenvalue weighted by molar-refractivity contribution is 6.09. The molecule has 59 heavy (non-hydrogen) atoms. The van der Waals surface area contributed by atoms with E-state index in [-0.39, 0.29) is 0 Å². The van der Waals surface area contributed by atoms with E-state index < -0.39 is 5.41 Å². The normalized spacial score (nSPS) is 14.2. The molecule has 9 aromatic carbocycles. The van der Waals surface area contributed by atoms with E-state index in [4.69, 9.17) is 4.42 Å². The van der Waals surface area contributed by atoms with Gasteiger partial charge in [0.05, 0.1) is 22.7 Å². The zero-order valence-corrected chi connectivity index (χ0v) is 32.1. The van der Waals surface area contributed by atoms with Crippen LogP contribution in [0.2, 0.25) is 0 Å². The van der Waals surface area contributed by atoms with Crippen molar-refractivity contribution >= 4 is 39.0 Å². The quantitative estimate of drug-likeness (QED) is 0.163. The maximum absolute atomic E-state index is 9.74. The first-order valence-corrected chi connectivity index (χ1v) is 20.0. The van der Waals surface area contributed by atoms with Gasteiger partial charge in [-0.05, 0) is 93.0 Å². The molecule has 1 aliphatic rings. The number of anilines is 3. The fourth-order valence-corrected chi connectivity index (χ4v) is 9.39. The molecular formula is C56H36N2O. The summed E-state index contributed by atoms with van der Waals surface area (Å²) in [5.74, 6) is 0. The third-order valence-corrected chi connectivity index (χ3v) is 12.0. The Morgan fingerprint density at radius 1 is 0.424 bits per heavy atom. The smallest absolute Gasteiger partial charge is 0.143 e. The van der Waals surface area contributed by atoms with Gasteiger partial charge in [0.2, 0.25) is 0 Å². The third-order valence-electron chi connectivity index (χ3n) is 12.0. The van der Waals surface area contributed by atoms with Crippen molar-refractivity contribution in [3.8, 4) is 39.4 Å². The standard InChI is InChI=1S/C56H36N2O/c57-37-38-25-33-44(34-26-38)58(45-35-29-40(30-36-45)39-13-3-1-4-14-39)52-23-12-22-51-54(52)49-18-7-9-21-50(49)56(51,42-15-5-2-6-16-42)43-31-27-41(28-32-43)46-19-11-20-48-47-17-8-10-24-53(47)59-55(46)48/h1-36H. The Hall–Kier alpha value is -7.93. The molecule has 0 saturated carbocycles. The highest BCUT2D eigenvalue weighted by Gasteiger charge is 2.47. The van der Waals surface area contributed by atoms with Gasteiger partial charge >= 0.3 is 0 Å². The molecule has 3 nitrogen and oxygen atoms in total. The minimum atomic E-state index is -0.611. The van der Waals surface area contributed by atoms with E-state index in [1.54, 1.807) is 0 Å². The lowest BCUT2D eigenvalue weighted by Crippen LogP contribution is -2.28. The van der Waals surface area contributed by atoms with E-state index in [0.717, 1.165) is 55.7 Å². The molecule has 10 aromatic rings. The van der Waals surface area contributed by atoms with Gasteiger partial charge in [-0.1, -0.05) is 170 Å². The zero-order chi connectivity index (χ0) is 39.3. The molecule has 0 amide bonds. The van der Waals surface area contributed by atoms with Crippen LogP contribution in [0.4, 0.5) is 17.1 Å². The number of furan rings is 1. The van der Waals surface area contributed by atoms with Gasteiger partial charge < -0.3 is 9.32 Å². The molecule has 1 heterocycles. The zero-order valence-electron chi connectivity index (χ0n) is 32.1. The van der Waals surface area contributed by atoms with Crippen molar-refractivity contribution in [3.05, 3.63) is 246 Å². The van der Waals surface area contributed by atoms with Crippen molar-refractivity contribution in [3.63, 3.8) is 0 Å². The molecular weight excluding hydrogens is 717 g/mol. The summed E-state index contributed by atoms with van der Waals surface area (Å²) in [4.78, 5) is 2.34. The molecule has 11 rings (SSSR count). The van der Waals surface area contributed by atoms with Crippen molar-refractivity contribution in [2.45, 2.75) is 5.41 Å². The molecule has 0 N–H and O–H groups in total. The molecule has 1 aliphatic carbocycles. The fraction of sp³-hybridized carbons (Fsp3) is 0.0179. The second-order valence-corrected chi connectivity index (χ2v) is 15.1. The van der Waals surface area contributed by atoms with Crippen molar-refractivity contribution in [1.29, 1.82) is 5.26 Å². The highest BCUT2D eigenvalue weighted by atomic mass is 16.3. The fourth-order valence-electron chi connectivity index (χ4n) is 9.39. The van der Waals surface area contributed by atoms with Crippen LogP contribution in [-0.2, 0) is 5.41 Å². The summed E-state index contributed by atoms with van der Waals surface area (Å²) in [7, 11) is 0. The Labute approximate surface area is 343 Å². The van der Waals surface area contributed by atoms with Crippen LogP contribution in [0.15, 0.2) is 223 Å². The van der Waals surface area contributed by atoms with Gasteiger partial charge in [0.1, 0.15) is 11.2 Å². The lowest BCUT2D eigenvalue weighted by atomic mass is 9.67. The van der Waals surface area contributed by atoms with Crippen LogP contribution in [0.3, 0.4) is 0 Å². The van der Waals surface area contributed by atoms with E-state index in [2.05, 4.69) is 199 Å². The molecule has 0 bridgehead atoms. The Kier molecular flexibility index (Phi) is 8.10. The van der Waals surface area contributed by atoms with Crippen molar-refractivity contribution in [2.24, 2.45) is 0 Å². The number of para-hydroxylation sites is 2. The summed E-state index contributed by atoms with van der Waals surface area (Å²) in [5.41, 5.74) is 16.6. The van der Waals surface area contributed by atoms with Crippen LogP contribution >= 0.6 is 0 Å². The summed E-state index contributed by atoms with van der Waals surface area (Å²) in [6.45, 7) is 0. The van der Waals surface area contributed by atoms with Crippen LogP contribution in [0.1, 0.15) is 27.8 Å². The molecule has 3 heteroatoms. The molecule has 0 radical (unpaired) electrons. The summed E-state index contributed by atoms with van der Waals surface area (Å²) >= 11 is 0. The highest BCUT2D eigenvalue weighted by Crippen LogP contribution is 2.59. The number of nitriles is 1. The third kappa shape index (κ3) is 5.42. The van der Waals surface area contributed by atoms with E-state index in [9.17, 15) is 5.26 Å². The molecule has 1 unspecified atom stereocenters. The van der Waals surface area contributed by atoms with Crippen molar-refractivity contribution in [2.75, 3.05) is 4.90 Å². The Bertz CT molecular complexity index is 3200. The van der Waals surface area contributed by atoms with Crippen LogP contribution in [0, 0.1) is 11.3 Å². The molecule has 0 fully saturated rings. The minimum Gasteiger partial charge on any atom is -0.455 e. The van der Waals surface area contributed by atoms with Gasteiger partial charge in [-0.15, -0.1) is 0 Å². The Morgan fingerprint density at radius 2 is 0.983 bits per heavy atom. The minimum absolute atomic E-state index is 0.611. The number of nitrogens with zero attached hydrogens (tertiary/aromatic N) is 2. The molecule has 0 saturated heterocycles. The van der Waals surface area contributed by atoms with Gasteiger partial charge in [-0.25, -0.2) is 0 Å². The SMILES string of the molecule is N#Cc1ccc(N(c2ccc(-c3ccccc3)cc2)c2cccc3c2-c2ccccc2C3(c2ccccc2)c2ccc(-c3cccc4c3oc3ccccc34)cc2)cc1. The molecule has 1 aromatic heterocycles. The van der Waals surface area contributed by atoms with Gasteiger partial charge in [0.15, 0.2) is 0 Å². The van der Waals surface area contributed by atoms with Crippen LogP contribution < -0.4 is 4.90 Å². The van der Waals surface area contributed by atoms with E-state index in [1.165, 1.54) is 38.9 Å². The van der Waals surface area contributed by atoms with E-state index >= 15 is 0 Å². The second kappa shape index (κ2) is 13.9. The maximum Gasteiger partial charge on any atom is 0.143 e. The van der Waals surface area contributed by atoms with Crippen molar-refractivity contribution < 1.29 is 4.42 Å². The Balaban J connectivity index is 1.12. The topological polar surface area (TPSA) is 40.2 Å². The second-order valence-electron chi connectivity index (χ2n) is 15.1. The molecule has 276 valence electrons. The summed E-state index contributed by atoms with van der Waals surface area (Å²) in [6.07, 6.45) is 0. The lowest BCUT2D eigenvalue weighted by molar-refractivity contribution is 0.670. The number of hydrogen-bond acceptors (Lipinski definition) is 3. The first-order chi connectivity index (χ1) is 29.2. The Morgan fingerprint density at radius 3 is 1.75 bits per heavy atom. The van der Waals surface area contributed by atoms with Gasteiger partial charge in [0.25, 0.3) is 0 Å². The molecule has 1 atom stereocenters. The predicted octanol–water partition coefficient (Wildman–Crippen LogP) is 14.6. The average molecular weight is 753 g/mol. The summed E-state index contributed by atoms with van der Waals surface area (Å²) in [5, 5.41) is 12.0.